The number of carbonyl (C=O) groups excluding carboxylic acids is 1. The van der Waals surface area contributed by atoms with Crippen LogP contribution in [0.5, 0.6) is 0 Å². The van der Waals surface area contributed by atoms with Crippen molar-refractivity contribution in [1.82, 2.24) is 20.3 Å². The van der Waals surface area contributed by atoms with E-state index in [4.69, 9.17) is 5.73 Å². The fourth-order valence-corrected chi connectivity index (χ4v) is 3.38. The number of β-lactam (4-membered cyclic amide) rings is 1. The minimum atomic E-state index is -1.15. The maximum absolute atomic E-state index is 11.7. The number of amides is 1. The number of nitrogens with zero attached hydrogens (tertiary/aromatic N) is 3. The number of hydrogen-bond donors (Lipinski definition) is 3. The quantitative estimate of drug-likeness (QED) is 0.577. The molecule has 2 atom stereocenters. The summed E-state index contributed by atoms with van der Waals surface area (Å²) in [7, 11) is 0. The summed E-state index contributed by atoms with van der Waals surface area (Å²) in [5.41, 5.74) is 6.63. The number of thioether (sulfide) groups is 1. The van der Waals surface area contributed by atoms with E-state index in [1.807, 2.05) is 0 Å². The average Bonchev–Trinajstić information content (AvgIpc) is 2.89. The molecular formula is C9H9N5O3S. The van der Waals surface area contributed by atoms with Gasteiger partial charge in [-0.3, -0.25) is 14.8 Å². The Morgan fingerprint density at radius 3 is 3.06 bits per heavy atom. The molecule has 0 radical (unpaired) electrons. The molecule has 1 amide bonds. The summed E-state index contributed by atoms with van der Waals surface area (Å²) in [6.07, 6.45) is 1.43. The normalized spacial score (nSPS) is 26.9. The van der Waals surface area contributed by atoms with Crippen LogP contribution in [0.1, 0.15) is 5.69 Å². The number of aromatic nitrogens is 3. The van der Waals surface area contributed by atoms with Gasteiger partial charge in [0.05, 0.1) is 11.9 Å². The van der Waals surface area contributed by atoms with Gasteiger partial charge in [0.1, 0.15) is 17.1 Å². The van der Waals surface area contributed by atoms with Gasteiger partial charge in [-0.15, -0.1) is 16.9 Å². The Morgan fingerprint density at radius 2 is 2.44 bits per heavy atom. The summed E-state index contributed by atoms with van der Waals surface area (Å²) in [6.45, 7) is 0. The van der Waals surface area contributed by atoms with Gasteiger partial charge in [-0.25, -0.2) is 4.79 Å². The molecule has 2 aliphatic rings. The molecule has 94 valence electrons. The van der Waals surface area contributed by atoms with Crippen molar-refractivity contribution in [1.29, 1.82) is 0 Å². The van der Waals surface area contributed by atoms with Crippen LogP contribution < -0.4 is 5.73 Å². The number of aliphatic carboxylic acids is 1. The maximum Gasteiger partial charge on any atom is 0.353 e. The van der Waals surface area contributed by atoms with Crippen LogP contribution >= 0.6 is 11.8 Å². The number of nitrogens with one attached hydrogen (secondary N) is 1. The molecule has 0 bridgehead atoms. The molecule has 2 aliphatic heterocycles. The molecule has 3 rings (SSSR count). The minimum Gasteiger partial charge on any atom is -0.477 e. The van der Waals surface area contributed by atoms with Crippen molar-refractivity contribution >= 4 is 29.2 Å². The molecule has 8 nitrogen and oxygen atoms in total. The molecule has 1 fully saturated rings. The van der Waals surface area contributed by atoms with E-state index in [-0.39, 0.29) is 17.0 Å². The molecule has 1 unspecified atom stereocenters. The Bertz CT molecular complexity index is 555. The summed E-state index contributed by atoms with van der Waals surface area (Å²) in [6, 6.07) is -0.620. The number of fused-ring (bicyclic) bond motifs is 1. The van der Waals surface area contributed by atoms with Crippen LogP contribution in [-0.2, 0) is 9.59 Å². The lowest BCUT2D eigenvalue weighted by atomic mass is 10.0. The molecule has 18 heavy (non-hydrogen) atoms. The van der Waals surface area contributed by atoms with Crippen molar-refractivity contribution in [2.75, 3.05) is 5.75 Å². The summed E-state index contributed by atoms with van der Waals surface area (Å²) in [5.74, 6) is -1.06. The Hall–Kier alpha value is -1.87. The van der Waals surface area contributed by atoms with Crippen LogP contribution in [-0.4, -0.2) is 54.5 Å². The first kappa shape index (κ1) is 11.2. The highest BCUT2D eigenvalue weighted by atomic mass is 32.2. The highest BCUT2D eigenvalue weighted by Crippen LogP contribution is 2.41. The largest absolute Gasteiger partial charge is 0.477 e. The Kier molecular flexibility index (Phi) is 2.38. The monoisotopic (exact) mass is 267 g/mol. The lowest BCUT2D eigenvalue weighted by Gasteiger charge is -2.47. The Balaban J connectivity index is 2.09. The summed E-state index contributed by atoms with van der Waals surface area (Å²) in [4.78, 5) is 24.3. The van der Waals surface area contributed by atoms with Gasteiger partial charge in [0.25, 0.3) is 0 Å². The van der Waals surface area contributed by atoms with Crippen LogP contribution in [0, 0.1) is 0 Å². The van der Waals surface area contributed by atoms with E-state index in [0.717, 1.165) is 0 Å². The van der Waals surface area contributed by atoms with Crippen LogP contribution in [0.25, 0.3) is 5.57 Å². The van der Waals surface area contributed by atoms with E-state index >= 15 is 0 Å². The van der Waals surface area contributed by atoms with Gasteiger partial charge >= 0.3 is 5.97 Å². The summed E-state index contributed by atoms with van der Waals surface area (Å²) >= 11 is 1.44. The zero-order chi connectivity index (χ0) is 12.9. The van der Waals surface area contributed by atoms with Crippen molar-refractivity contribution < 1.29 is 14.7 Å². The molecule has 9 heteroatoms. The number of H-pyrrole nitrogens is 1. The molecular weight excluding hydrogens is 258 g/mol. The highest BCUT2D eigenvalue weighted by molar-refractivity contribution is 8.00. The zero-order valence-electron chi connectivity index (χ0n) is 9.03. The van der Waals surface area contributed by atoms with Crippen LogP contribution in [0.4, 0.5) is 0 Å². The standard InChI is InChI=1S/C9H9N5O3S/c10-5-7(15)14-6(9(16)17)3(2-18-8(5)14)4-1-11-13-12-4/h1,5,8H,2,10H2,(H,16,17)(H,11,12,13)/t5?,8-/m1/s1. The van der Waals surface area contributed by atoms with E-state index in [1.54, 1.807) is 0 Å². The van der Waals surface area contributed by atoms with E-state index < -0.39 is 12.0 Å². The highest BCUT2D eigenvalue weighted by Gasteiger charge is 2.52. The van der Waals surface area contributed by atoms with E-state index in [0.29, 0.717) is 17.0 Å². The summed E-state index contributed by atoms with van der Waals surface area (Å²) < 4.78 is 0. The van der Waals surface area contributed by atoms with Gasteiger partial charge in [-0.1, -0.05) is 5.21 Å². The van der Waals surface area contributed by atoms with Crippen molar-refractivity contribution in [2.24, 2.45) is 5.73 Å². The second kappa shape index (κ2) is 3.82. The van der Waals surface area contributed by atoms with E-state index in [2.05, 4.69) is 15.4 Å². The van der Waals surface area contributed by atoms with Gasteiger partial charge in [-0.05, 0) is 0 Å². The lowest BCUT2D eigenvalue weighted by molar-refractivity contribution is -0.147. The van der Waals surface area contributed by atoms with Crippen molar-refractivity contribution in [3.8, 4) is 0 Å². The third-order valence-corrected chi connectivity index (χ3v) is 4.25. The first-order chi connectivity index (χ1) is 8.61. The van der Waals surface area contributed by atoms with Crippen molar-refractivity contribution in [2.45, 2.75) is 11.4 Å². The predicted molar refractivity (Wildman–Crippen MR) is 62.0 cm³/mol. The van der Waals surface area contributed by atoms with Gasteiger partial charge in [0.15, 0.2) is 0 Å². The third kappa shape index (κ3) is 1.37. The lowest BCUT2D eigenvalue weighted by Crippen LogP contribution is -2.68. The Labute approximate surface area is 105 Å². The van der Waals surface area contributed by atoms with Gasteiger partial charge in [0, 0.05) is 11.3 Å². The average molecular weight is 267 g/mol. The Morgan fingerprint density at radius 1 is 1.67 bits per heavy atom. The molecule has 0 aliphatic carbocycles. The molecule has 0 saturated carbocycles. The SMILES string of the molecule is NC1C(=O)N2C(C(=O)O)=C(c3cnn[nH]3)CS[C@H]12. The molecule has 1 saturated heterocycles. The van der Waals surface area contributed by atoms with Crippen LogP contribution in [0.15, 0.2) is 11.9 Å². The first-order valence-electron chi connectivity index (χ1n) is 5.14. The van der Waals surface area contributed by atoms with Crippen molar-refractivity contribution in [3.05, 3.63) is 17.6 Å². The number of aromatic amines is 1. The predicted octanol–water partition coefficient (Wildman–Crippen LogP) is -1.16. The molecule has 4 N–H and O–H groups in total. The number of hydrogen-bond acceptors (Lipinski definition) is 6. The number of rotatable bonds is 2. The topological polar surface area (TPSA) is 125 Å². The van der Waals surface area contributed by atoms with Gasteiger partial charge in [-0.2, -0.15) is 0 Å². The smallest absolute Gasteiger partial charge is 0.353 e. The number of carbonyl (C=O) groups is 2. The van der Waals surface area contributed by atoms with Crippen LogP contribution in [0.3, 0.4) is 0 Å². The fraction of sp³-hybridized carbons (Fsp3) is 0.333. The van der Waals surface area contributed by atoms with Gasteiger partial charge < -0.3 is 10.8 Å². The molecule has 1 aromatic heterocycles. The number of carboxylic acid groups (broad SMARTS) is 1. The second-order valence-electron chi connectivity index (χ2n) is 3.94. The molecule has 1 aromatic rings. The van der Waals surface area contributed by atoms with Crippen molar-refractivity contribution in [3.63, 3.8) is 0 Å². The minimum absolute atomic E-state index is 0.0310. The first-order valence-corrected chi connectivity index (χ1v) is 6.19. The van der Waals surface area contributed by atoms with E-state index in [1.165, 1.54) is 22.9 Å². The second-order valence-corrected chi connectivity index (χ2v) is 5.04. The maximum atomic E-state index is 11.7. The zero-order valence-corrected chi connectivity index (χ0v) is 9.85. The van der Waals surface area contributed by atoms with Crippen LogP contribution in [0.2, 0.25) is 0 Å². The van der Waals surface area contributed by atoms with E-state index in [9.17, 15) is 14.7 Å². The van der Waals surface area contributed by atoms with Gasteiger partial charge in [0.2, 0.25) is 5.91 Å². The third-order valence-electron chi connectivity index (χ3n) is 2.95. The molecule has 0 aromatic carbocycles. The summed E-state index contributed by atoms with van der Waals surface area (Å²) in [5, 5.41) is 18.8. The fourth-order valence-electron chi connectivity index (χ4n) is 2.07. The molecule has 3 heterocycles. The molecule has 0 spiro atoms. The number of carboxylic acids is 1. The number of nitrogens with two attached hydrogens (primary N) is 1.